The number of anilines is 1. The van der Waals surface area contributed by atoms with Crippen LogP contribution in [0.15, 0.2) is 36.5 Å². The molecule has 0 bridgehead atoms. The Morgan fingerprint density at radius 3 is 1.93 bits per heavy atom. The SMILES string of the molecule is CCCCCCCCCC(=O)N[C@@H](Cc1c[nH]c2ccc(F)cc12)C(=O)N[C@H](CC(N)=O)C(=O)C[C@@H](CC(=O)O)C(=O)N[C@@H]1C(=O)NCC(=O)N[C@@H](CCCN)C(=O)C[C@@H](COC=O)C(=O)N[C@H](C)C(=O)N[C@@H](COC=O)C(=O)NCC(=O)N[C@H](CO)C(=O)C[C@@H]([C@H](C)CC(=O)O)C(=O)N[C@@H](CC(=O)c2cc(Cl)cc(Cl)c2NCC)C(=O)O[C@@H]1C. The van der Waals surface area contributed by atoms with Crippen LogP contribution in [0.3, 0.4) is 0 Å². The van der Waals surface area contributed by atoms with Crippen molar-refractivity contribution in [1.29, 1.82) is 0 Å². The number of ether oxygens (including phenoxy) is 3. The fourth-order valence-corrected chi connectivity index (χ4v) is 13.3. The van der Waals surface area contributed by atoms with Crippen molar-refractivity contribution in [3.63, 3.8) is 0 Å². The Kier molecular flexibility index (Phi) is 43.4. The zero-order chi connectivity index (χ0) is 89.5. The van der Waals surface area contributed by atoms with E-state index in [-0.39, 0.29) is 73.0 Å². The number of H-pyrrole nitrogens is 1. The number of aliphatic carboxylic acids is 2. The molecule has 11 amide bonds. The van der Waals surface area contributed by atoms with Crippen LogP contribution in [0.1, 0.15) is 160 Å². The summed E-state index contributed by atoms with van der Waals surface area (Å²) >= 11 is 12.9. The molecular formula is C77H105Cl2FN14O26. The molecule has 1 fully saturated rings. The van der Waals surface area contributed by atoms with Gasteiger partial charge in [-0.1, -0.05) is 75.6 Å². The highest BCUT2D eigenvalue weighted by Crippen LogP contribution is 2.32. The second kappa shape index (κ2) is 51.7. The molecule has 13 atom stereocenters. The predicted octanol–water partition coefficient (Wildman–Crippen LogP) is -0.658. The summed E-state index contributed by atoms with van der Waals surface area (Å²) in [6, 6.07) is -9.30. The molecule has 40 nitrogen and oxygen atoms in total. The Hall–Kier alpha value is -11.6. The molecule has 0 radical (unpaired) electrons. The van der Waals surface area contributed by atoms with E-state index in [9.17, 15) is 111 Å². The molecule has 2 heterocycles. The maximum Gasteiger partial charge on any atom is 0.329 e. The zero-order valence-corrected chi connectivity index (χ0v) is 68.3. The number of rotatable bonds is 40. The van der Waals surface area contributed by atoms with E-state index in [2.05, 4.69) is 75.1 Å². The van der Waals surface area contributed by atoms with Gasteiger partial charge < -0.3 is 104 Å². The number of carbonyl (C=O) groups excluding carboxylic acids is 18. The van der Waals surface area contributed by atoms with Gasteiger partial charge in [0.05, 0.1) is 67.2 Å². The molecule has 0 saturated carbocycles. The number of aromatic amines is 1. The normalized spacial score (nSPS) is 20.9. The standard InChI is InChI=1S/C77H105Cl2FN14O26/c1-6-8-9-10-11-12-13-16-63(103)89-54(21-43-31-84-51-18-17-46(80)27-48(43)51)75(115)91-53(30-62(82)102)60(100)22-42(24-67(108)109)71(111)94-68-41(5)120-77(117)55(29-58(98)49-25-45(78)26-50(79)69(49)83-7-2)92-73(113)47(39(3)20-66(106)107)28-61(101)56(34-95)90-65(105)32-85-74(114)57(36-119-38-97)93-70(110)40(4)87-72(112)44(35-118-37-96)23-59(99)52(15-14-19-81)88-64(104)33-86-76(68)116/h17-18,25-27,31,37-42,44,47,52-57,68,83-84,95H,6-16,19-24,28-30,32-36,81H2,1-5H3,(H2,82,102)(H,85,114)(H,86,116)(H,87,112)(H,88,104)(H,89,103)(H,90,105)(H,91,115)(H,92,113)(H,93,110)(H,94,111)(H,106,107)(H,108,109)/t39-,40-,41-,42+,44+,47+,52+,53-,54+,55+,56-,57+,68+/m1/s1. The van der Waals surface area contributed by atoms with E-state index >= 15 is 4.79 Å². The van der Waals surface area contributed by atoms with Gasteiger partial charge in [0.15, 0.2) is 23.1 Å². The molecule has 4 rings (SSSR count). The first-order chi connectivity index (χ1) is 56.9. The molecular weight excluding hydrogens is 1630 g/mol. The third kappa shape index (κ3) is 34.0. The average molecular weight is 1730 g/mol. The van der Waals surface area contributed by atoms with Gasteiger partial charge in [-0.15, -0.1) is 0 Å². The summed E-state index contributed by atoms with van der Waals surface area (Å²) in [6.07, 6.45) is -3.27. The molecule has 120 heavy (non-hydrogen) atoms. The number of primary amides is 1. The largest absolute Gasteiger partial charge is 0.481 e. The van der Waals surface area contributed by atoms with Gasteiger partial charge in [0.2, 0.25) is 65.0 Å². The van der Waals surface area contributed by atoms with E-state index in [0.717, 1.165) is 58.9 Å². The lowest BCUT2D eigenvalue weighted by atomic mass is 9.84. The number of carboxylic acids is 2. The number of Topliss-reactive ketones (excluding diaryl/α,β-unsaturated/α-hetero) is 4. The Balaban J connectivity index is 1.92. The number of fused-ring (bicyclic) bond motifs is 1. The lowest BCUT2D eigenvalue weighted by molar-refractivity contribution is -0.156. The number of amides is 11. The molecule has 43 heteroatoms. The highest BCUT2D eigenvalue weighted by molar-refractivity contribution is 6.37. The topological polar surface area (TPSA) is 630 Å². The number of benzene rings is 2. The first-order valence-corrected chi connectivity index (χ1v) is 39.5. The van der Waals surface area contributed by atoms with Gasteiger partial charge in [0.1, 0.15) is 61.4 Å². The molecule has 0 aliphatic carbocycles. The van der Waals surface area contributed by atoms with Crippen LogP contribution in [0, 0.1) is 29.5 Å². The number of nitrogens with two attached hydrogens (primary N) is 2. The average Bonchev–Trinajstić information content (AvgIpc) is 1.64. The fraction of sp³-hybridized carbons (Fsp3) is 0.558. The summed E-state index contributed by atoms with van der Waals surface area (Å²) in [4.78, 5) is 278. The van der Waals surface area contributed by atoms with Crippen LogP contribution in [0.4, 0.5) is 10.1 Å². The molecule has 1 aliphatic heterocycles. The maximum absolute atomic E-state index is 15.1. The highest BCUT2D eigenvalue weighted by Gasteiger charge is 2.41. The van der Waals surface area contributed by atoms with Crippen molar-refractivity contribution in [2.75, 3.05) is 51.3 Å². The molecule has 1 aromatic heterocycles. The van der Waals surface area contributed by atoms with Crippen molar-refractivity contribution in [2.45, 2.75) is 205 Å². The quantitative estimate of drug-likeness (QED) is 0.0110. The van der Waals surface area contributed by atoms with Crippen LogP contribution in [0.2, 0.25) is 10.0 Å². The van der Waals surface area contributed by atoms with Crippen molar-refractivity contribution >= 4 is 159 Å². The van der Waals surface area contributed by atoms with Gasteiger partial charge in [0, 0.05) is 85.1 Å². The Labute approximate surface area is 698 Å². The zero-order valence-electron chi connectivity index (χ0n) is 66.8. The summed E-state index contributed by atoms with van der Waals surface area (Å²) < 4.78 is 30.0. The van der Waals surface area contributed by atoms with Crippen LogP contribution < -0.4 is 70.0 Å². The Bertz CT molecular complexity index is 4190. The van der Waals surface area contributed by atoms with Crippen molar-refractivity contribution < 1.29 is 130 Å². The summed E-state index contributed by atoms with van der Waals surface area (Å²) in [5.41, 5.74) is 11.7. The lowest BCUT2D eigenvalue weighted by Gasteiger charge is -2.29. The van der Waals surface area contributed by atoms with Gasteiger partial charge in [-0.25, -0.2) is 9.18 Å². The second-order valence-electron chi connectivity index (χ2n) is 28.7. The molecule has 1 saturated heterocycles. The number of halogens is 3. The number of aliphatic hydroxyl groups excluding tert-OH is 1. The number of ketones is 4. The number of esters is 1. The minimum atomic E-state index is -2.42. The van der Waals surface area contributed by atoms with Crippen LogP contribution in [0.25, 0.3) is 10.9 Å². The Morgan fingerprint density at radius 1 is 0.683 bits per heavy atom. The van der Waals surface area contributed by atoms with E-state index in [1.54, 1.807) is 6.92 Å². The molecule has 1 aliphatic rings. The highest BCUT2D eigenvalue weighted by atomic mass is 35.5. The van der Waals surface area contributed by atoms with E-state index in [4.69, 9.17) is 44.1 Å². The molecule has 0 unspecified atom stereocenters. The first-order valence-electron chi connectivity index (χ1n) is 38.8. The van der Waals surface area contributed by atoms with Gasteiger partial charge in [-0.2, -0.15) is 0 Å². The van der Waals surface area contributed by atoms with Gasteiger partial charge >= 0.3 is 17.9 Å². The van der Waals surface area contributed by atoms with E-state index in [1.807, 2.05) is 0 Å². The van der Waals surface area contributed by atoms with E-state index < -0.39 is 268 Å². The summed E-state index contributed by atoms with van der Waals surface area (Å²) in [5, 5.41) is 56.4. The van der Waals surface area contributed by atoms with E-state index in [1.165, 1.54) is 30.5 Å². The maximum atomic E-state index is 15.1. The van der Waals surface area contributed by atoms with Crippen LogP contribution in [-0.4, -0.2) is 240 Å². The summed E-state index contributed by atoms with van der Waals surface area (Å²) in [6.45, 7) is 1.36. The second-order valence-corrected chi connectivity index (χ2v) is 29.6. The van der Waals surface area contributed by atoms with Crippen molar-refractivity contribution in [3.05, 3.63) is 63.5 Å². The number of carboxylic acid groups (broad SMARTS) is 2. The van der Waals surface area contributed by atoms with Crippen LogP contribution >= 0.6 is 23.2 Å². The number of aliphatic hydroxyl groups is 1. The lowest BCUT2D eigenvalue weighted by Crippen LogP contribution is -2.57. The summed E-state index contributed by atoms with van der Waals surface area (Å²) in [5.74, 6) is -30.8. The van der Waals surface area contributed by atoms with E-state index in [0.29, 0.717) is 29.3 Å². The van der Waals surface area contributed by atoms with Gasteiger partial charge in [-0.3, -0.25) is 91.1 Å². The third-order valence-electron chi connectivity index (χ3n) is 19.2. The number of cyclic esters (lactones) is 1. The van der Waals surface area contributed by atoms with Crippen molar-refractivity contribution in [2.24, 2.45) is 35.1 Å². The first kappa shape index (κ1) is 101. The third-order valence-corrected chi connectivity index (χ3v) is 19.7. The monoisotopic (exact) mass is 1730 g/mol. The van der Waals surface area contributed by atoms with Crippen LogP contribution in [0.5, 0.6) is 0 Å². The number of hydrogen-bond acceptors (Lipinski definition) is 26. The smallest absolute Gasteiger partial charge is 0.329 e. The minimum absolute atomic E-state index is 0.0188. The number of unbranched alkanes of at least 4 members (excludes halogenated alkanes) is 6. The molecule has 0 spiro atoms. The predicted molar refractivity (Wildman–Crippen MR) is 423 cm³/mol. The molecule has 3 aromatic rings. The van der Waals surface area contributed by atoms with Crippen LogP contribution in [-0.2, 0) is 112 Å². The van der Waals surface area contributed by atoms with Crippen molar-refractivity contribution in [3.8, 4) is 0 Å². The number of carbonyl (C=O) groups is 20. The number of hydrogen-bond donors (Lipinski definition) is 17. The molecule has 2 aromatic carbocycles. The molecule has 660 valence electrons. The fourth-order valence-electron chi connectivity index (χ4n) is 12.8. The number of nitrogens with one attached hydrogen (secondary N) is 12. The molecule has 19 N–H and O–H groups in total. The number of aromatic nitrogens is 1. The van der Waals surface area contributed by atoms with Gasteiger partial charge in [0.25, 0.3) is 12.9 Å². The van der Waals surface area contributed by atoms with Crippen molar-refractivity contribution in [1.82, 2.24) is 58.2 Å². The summed E-state index contributed by atoms with van der Waals surface area (Å²) in [7, 11) is 0. The Morgan fingerprint density at radius 2 is 1.31 bits per heavy atom. The minimum Gasteiger partial charge on any atom is -0.481 e. The van der Waals surface area contributed by atoms with Gasteiger partial charge in [-0.05, 0) is 88.4 Å².